The van der Waals surface area contributed by atoms with Gasteiger partial charge in [-0.05, 0) is 13.3 Å². The number of nitrogens with one attached hydrogen (secondary N) is 2. The zero-order valence-corrected chi connectivity index (χ0v) is 10.8. The van der Waals surface area contributed by atoms with E-state index in [-0.39, 0.29) is 18.4 Å². The molecule has 0 aromatic carbocycles. The summed E-state index contributed by atoms with van der Waals surface area (Å²) in [5, 5.41) is 3.16. The molecular formula is C8H20ClN3O2S. The molecule has 1 atom stereocenters. The molecule has 1 saturated heterocycles. The van der Waals surface area contributed by atoms with Crippen LogP contribution < -0.4 is 10.0 Å². The molecule has 0 saturated carbocycles. The fourth-order valence-corrected chi connectivity index (χ4v) is 3.00. The lowest BCUT2D eigenvalue weighted by Gasteiger charge is -2.32. The van der Waals surface area contributed by atoms with Gasteiger partial charge in [0.1, 0.15) is 0 Å². The molecule has 5 nitrogen and oxygen atoms in total. The van der Waals surface area contributed by atoms with Gasteiger partial charge in [0.25, 0.3) is 10.2 Å². The number of nitrogens with zero attached hydrogens (tertiary/aromatic N) is 1. The minimum absolute atomic E-state index is 0. The molecule has 1 rings (SSSR count). The Morgan fingerprint density at radius 1 is 1.53 bits per heavy atom. The van der Waals surface area contributed by atoms with Crippen molar-refractivity contribution in [3.05, 3.63) is 0 Å². The minimum atomic E-state index is -3.25. The molecule has 0 unspecified atom stereocenters. The van der Waals surface area contributed by atoms with Crippen molar-refractivity contribution in [3.63, 3.8) is 0 Å². The van der Waals surface area contributed by atoms with Crippen LogP contribution in [0.2, 0.25) is 0 Å². The smallest absolute Gasteiger partial charge is 0.279 e. The summed E-state index contributed by atoms with van der Waals surface area (Å²) < 4.78 is 27.6. The first kappa shape index (κ1) is 15.1. The number of rotatable bonds is 4. The standard InChI is InChI=1S/C8H19N3O2S.ClH/c1-3-4-10-14(12,13)11-6-5-9-7-8(11)2;/h8-10H,3-7H2,1-2H3;1H/t8-;/m1./s1. The summed E-state index contributed by atoms with van der Waals surface area (Å²) in [5.74, 6) is 0. The Balaban J connectivity index is 0.00000196. The van der Waals surface area contributed by atoms with E-state index in [1.54, 1.807) is 0 Å². The van der Waals surface area contributed by atoms with Crippen molar-refractivity contribution in [2.45, 2.75) is 26.3 Å². The summed E-state index contributed by atoms with van der Waals surface area (Å²) >= 11 is 0. The van der Waals surface area contributed by atoms with Crippen molar-refractivity contribution in [1.82, 2.24) is 14.3 Å². The van der Waals surface area contributed by atoms with Crippen molar-refractivity contribution >= 4 is 22.6 Å². The van der Waals surface area contributed by atoms with Crippen LogP contribution in [-0.2, 0) is 10.2 Å². The molecule has 0 bridgehead atoms. The molecule has 0 spiro atoms. The van der Waals surface area contributed by atoms with E-state index in [0.717, 1.165) is 19.5 Å². The normalized spacial score (nSPS) is 23.5. The SMILES string of the molecule is CCCNS(=O)(=O)N1CCNC[C@H]1C.Cl. The van der Waals surface area contributed by atoms with Gasteiger partial charge in [-0.1, -0.05) is 6.92 Å². The van der Waals surface area contributed by atoms with Crippen LogP contribution >= 0.6 is 12.4 Å². The molecule has 15 heavy (non-hydrogen) atoms. The maximum Gasteiger partial charge on any atom is 0.279 e. The highest BCUT2D eigenvalue weighted by atomic mass is 35.5. The third-order valence-electron chi connectivity index (χ3n) is 2.28. The van der Waals surface area contributed by atoms with Crippen LogP contribution in [0.15, 0.2) is 0 Å². The highest BCUT2D eigenvalue weighted by Gasteiger charge is 2.28. The molecule has 0 amide bonds. The van der Waals surface area contributed by atoms with Crippen LogP contribution in [-0.4, -0.2) is 44.9 Å². The monoisotopic (exact) mass is 257 g/mol. The van der Waals surface area contributed by atoms with Gasteiger partial charge in [0.2, 0.25) is 0 Å². The van der Waals surface area contributed by atoms with E-state index in [4.69, 9.17) is 0 Å². The fourth-order valence-electron chi connectivity index (χ4n) is 1.49. The molecule has 1 heterocycles. The van der Waals surface area contributed by atoms with E-state index in [1.165, 1.54) is 4.31 Å². The average molecular weight is 258 g/mol. The Hall–Kier alpha value is 0.120. The van der Waals surface area contributed by atoms with E-state index in [2.05, 4.69) is 10.0 Å². The fraction of sp³-hybridized carbons (Fsp3) is 1.00. The topological polar surface area (TPSA) is 61.4 Å². The highest BCUT2D eigenvalue weighted by molar-refractivity contribution is 7.87. The second-order valence-corrected chi connectivity index (χ2v) is 5.27. The van der Waals surface area contributed by atoms with E-state index in [0.29, 0.717) is 13.1 Å². The number of piperazine rings is 1. The van der Waals surface area contributed by atoms with E-state index in [1.807, 2.05) is 13.8 Å². The van der Waals surface area contributed by atoms with E-state index in [9.17, 15) is 8.42 Å². The summed E-state index contributed by atoms with van der Waals surface area (Å²) in [6, 6.07) is 0.0399. The number of halogens is 1. The maximum atomic E-state index is 11.7. The predicted molar refractivity (Wildman–Crippen MR) is 63.5 cm³/mol. The van der Waals surface area contributed by atoms with Crippen molar-refractivity contribution in [2.24, 2.45) is 0 Å². The number of hydrogen-bond donors (Lipinski definition) is 2. The van der Waals surface area contributed by atoms with Crippen molar-refractivity contribution in [2.75, 3.05) is 26.2 Å². The minimum Gasteiger partial charge on any atom is -0.314 e. The van der Waals surface area contributed by atoms with Gasteiger partial charge in [-0.15, -0.1) is 12.4 Å². The molecule has 7 heteroatoms. The number of hydrogen-bond acceptors (Lipinski definition) is 3. The Labute approximate surface area is 98.2 Å². The zero-order chi connectivity index (χ0) is 10.6. The zero-order valence-electron chi connectivity index (χ0n) is 9.19. The van der Waals surface area contributed by atoms with Crippen LogP contribution in [0.25, 0.3) is 0 Å². The molecule has 2 N–H and O–H groups in total. The molecule has 1 aliphatic heterocycles. The van der Waals surface area contributed by atoms with Gasteiger partial charge >= 0.3 is 0 Å². The van der Waals surface area contributed by atoms with E-state index >= 15 is 0 Å². The summed E-state index contributed by atoms with van der Waals surface area (Å²) in [6.45, 7) is 6.39. The molecule has 1 fully saturated rings. The Bertz CT molecular complexity index is 271. The van der Waals surface area contributed by atoms with Gasteiger partial charge in [0.05, 0.1) is 0 Å². The molecule has 0 aromatic heterocycles. The van der Waals surface area contributed by atoms with E-state index < -0.39 is 10.2 Å². The molecular weight excluding hydrogens is 238 g/mol. The molecule has 0 aliphatic carbocycles. The van der Waals surface area contributed by atoms with Crippen LogP contribution in [0.5, 0.6) is 0 Å². The Morgan fingerprint density at radius 3 is 2.73 bits per heavy atom. The maximum absolute atomic E-state index is 11.7. The summed E-state index contributed by atoms with van der Waals surface area (Å²) in [6.07, 6.45) is 0.819. The largest absolute Gasteiger partial charge is 0.314 e. The van der Waals surface area contributed by atoms with Gasteiger partial charge in [-0.2, -0.15) is 12.7 Å². The quantitative estimate of drug-likeness (QED) is 0.742. The summed E-state index contributed by atoms with van der Waals surface area (Å²) in [7, 11) is -3.25. The van der Waals surface area contributed by atoms with Gasteiger partial charge in [-0.25, -0.2) is 4.72 Å². The second kappa shape index (κ2) is 6.65. The third-order valence-corrected chi connectivity index (χ3v) is 4.01. The van der Waals surface area contributed by atoms with Gasteiger partial charge in [-0.3, -0.25) is 0 Å². The molecule has 1 aliphatic rings. The average Bonchev–Trinajstić information content (AvgIpc) is 2.15. The van der Waals surface area contributed by atoms with Crippen LogP contribution in [0.4, 0.5) is 0 Å². The van der Waals surface area contributed by atoms with Crippen molar-refractivity contribution < 1.29 is 8.42 Å². The third kappa shape index (κ3) is 4.24. The van der Waals surface area contributed by atoms with Crippen LogP contribution in [0.3, 0.4) is 0 Å². The van der Waals surface area contributed by atoms with Gasteiger partial charge in [0.15, 0.2) is 0 Å². The Kier molecular flexibility index (Phi) is 6.70. The molecule has 0 aromatic rings. The van der Waals surface area contributed by atoms with Crippen molar-refractivity contribution in [1.29, 1.82) is 0 Å². The lowest BCUT2D eigenvalue weighted by Crippen LogP contribution is -2.55. The van der Waals surface area contributed by atoms with Crippen LogP contribution in [0.1, 0.15) is 20.3 Å². The first-order valence-electron chi connectivity index (χ1n) is 5.05. The second-order valence-electron chi connectivity index (χ2n) is 3.56. The van der Waals surface area contributed by atoms with Crippen molar-refractivity contribution in [3.8, 4) is 0 Å². The highest BCUT2D eigenvalue weighted by Crippen LogP contribution is 2.07. The predicted octanol–water partition coefficient (Wildman–Crippen LogP) is -0.0537. The lowest BCUT2D eigenvalue weighted by atomic mass is 10.3. The Morgan fingerprint density at radius 2 is 2.20 bits per heavy atom. The molecule has 92 valence electrons. The first-order chi connectivity index (χ1) is 6.58. The van der Waals surface area contributed by atoms with Gasteiger partial charge in [0, 0.05) is 32.2 Å². The summed E-state index contributed by atoms with van der Waals surface area (Å²) in [5.41, 5.74) is 0. The lowest BCUT2D eigenvalue weighted by molar-refractivity contribution is 0.280. The van der Waals surface area contributed by atoms with Crippen LogP contribution in [0, 0.1) is 0 Å². The first-order valence-corrected chi connectivity index (χ1v) is 6.49. The van der Waals surface area contributed by atoms with Gasteiger partial charge < -0.3 is 5.32 Å². The summed E-state index contributed by atoms with van der Waals surface area (Å²) in [4.78, 5) is 0. The molecule has 0 radical (unpaired) electrons.